The van der Waals surface area contributed by atoms with Crippen molar-refractivity contribution in [3.8, 4) is 0 Å². The lowest BCUT2D eigenvalue weighted by Crippen LogP contribution is -2.32. The maximum atomic E-state index is 10.9. The van der Waals surface area contributed by atoms with E-state index >= 15 is 0 Å². The van der Waals surface area contributed by atoms with Crippen LogP contribution >= 0.6 is 0 Å². The third-order valence-electron chi connectivity index (χ3n) is 1.26. The summed E-state index contributed by atoms with van der Waals surface area (Å²) in [6.07, 6.45) is 1.42. The van der Waals surface area contributed by atoms with Gasteiger partial charge in [-0.05, 0) is 6.07 Å². The van der Waals surface area contributed by atoms with Crippen LogP contribution in [0.2, 0.25) is 0 Å². The summed E-state index contributed by atoms with van der Waals surface area (Å²) in [7, 11) is 1.47. The summed E-state index contributed by atoms with van der Waals surface area (Å²) in [5, 5.41) is 2.35. The molecule has 0 bridgehead atoms. The number of hydrogen-bond donors (Lipinski definition) is 1. The van der Waals surface area contributed by atoms with Crippen molar-refractivity contribution in [2.45, 2.75) is 0 Å². The topological polar surface area (TPSA) is 51.1 Å². The van der Waals surface area contributed by atoms with Crippen molar-refractivity contribution in [2.75, 3.05) is 7.05 Å². The molecule has 0 aliphatic rings. The smallest absolute Gasteiger partial charge is 0.328 e. The first-order valence-electron chi connectivity index (χ1n) is 3.15. The van der Waals surface area contributed by atoms with Crippen LogP contribution in [-0.2, 0) is 0 Å². The van der Waals surface area contributed by atoms with Crippen LogP contribution in [0, 0.1) is 0 Å². The summed E-state index contributed by atoms with van der Waals surface area (Å²) >= 11 is 0. The molecule has 1 aromatic heterocycles. The van der Waals surface area contributed by atoms with Gasteiger partial charge in [-0.15, -0.1) is 0 Å². The second-order valence-electron chi connectivity index (χ2n) is 1.96. The highest BCUT2D eigenvalue weighted by atomic mass is 16.2. The normalized spacial score (nSPS) is 9.18. The van der Waals surface area contributed by atoms with Crippen LogP contribution in [0.1, 0.15) is 0 Å². The molecule has 0 aromatic carbocycles. The Balaban J connectivity index is 3.14. The fraction of sp³-hybridized carbons (Fsp3) is 0.143. The third-order valence-corrected chi connectivity index (χ3v) is 1.26. The molecule has 58 valence electrons. The predicted octanol–water partition coefficient (Wildman–Crippen LogP) is 0.0358. The van der Waals surface area contributed by atoms with Gasteiger partial charge in [0.1, 0.15) is 0 Å². The Bertz CT molecular complexity index is 316. The average molecular weight is 152 g/mol. The molecule has 0 aliphatic carbocycles. The fourth-order valence-electron chi connectivity index (χ4n) is 0.716. The largest absolute Gasteiger partial charge is 0.340 e. The van der Waals surface area contributed by atoms with Crippen molar-refractivity contribution < 1.29 is 4.79 Å². The van der Waals surface area contributed by atoms with Crippen molar-refractivity contribution in [3.05, 3.63) is 34.7 Å². The maximum absolute atomic E-state index is 10.9. The van der Waals surface area contributed by atoms with Gasteiger partial charge in [-0.3, -0.25) is 4.79 Å². The van der Waals surface area contributed by atoms with E-state index in [1.54, 1.807) is 12.1 Å². The van der Waals surface area contributed by atoms with E-state index in [9.17, 15) is 9.59 Å². The number of rotatable bonds is 0. The molecule has 1 amide bonds. The van der Waals surface area contributed by atoms with Gasteiger partial charge in [-0.2, -0.15) is 0 Å². The lowest BCUT2D eigenvalue weighted by Gasteiger charge is -1.99. The van der Waals surface area contributed by atoms with Crippen molar-refractivity contribution in [1.82, 2.24) is 9.88 Å². The molecule has 1 heterocycles. The van der Waals surface area contributed by atoms with Crippen molar-refractivity contribution in [1.29, 1.82) is 0 Å². The molecule has 0 spiro atoms. The Labute approximate surface area is 63.5 Å². The third kappa shape index (κ3) is 1.46. The van der Waals surface area contributed by atoms with E-state index in [1.165, 1.54) is 19.3 Å². The van der Waals surface area contributed by atoms with Crippen LogP contribution in [-0.4, -0.2) is 17.6 Å². The first kappa shape index (κ1) is 7.53. The molecule has 0 aliphatic heterocycles. The molecular formula is C7H8N2O2. The minimum Gasteiger partial charge on any atom is -0.340 e. The number of pyridine rings is 1. The van der Waals surface area contributed by atoms with Crippen LogP contribution in [0.5, 0.6) is 0 Å². The zero-order chi connectivity index (χ0) is 8.27. The van der Waals surface area contributed by atoms with E-state index in [0.29, 0.717) is 0 Å². The molecule has 0 fully saturated rings. The molecule has 0 unspecified atom stereocenters. The van der Waals surface area contributed by atoms with E-state index in [4.69, 9.17) is 0 Å². The fourth-order valence-corrected chi connectivity index (χ4v) is 0.716. The summed E-state index contributed by atoms with van der Waals surface area (Å²) in [6, 6.07) is 4.11. The Morgan fingerprint density at radius 1 is 1.55 bits per heavy atom. The van der Waals surface area contributed by atoms with Crippen LogP contribution in [0.25, 0.3) is 0 Å². The van der Waals surface area contributed by atoms with E-state index in [0.717, 1.165) is 4.57 Å². The number of nitrogens with one attached hydrogen (secondary N) is 1. The Morgan fingerprint density at radius 2 is 2.27 bits per heavy atom. The highest BCUT2D eigenvalue weighted by molar-refractivity contribution is 5.75. The molecule has 4 heteroatoms. The average Bonchev–Trinajstić information content (AvgIpc) is 2.04. The Kier molecular flexibility index (Phi) is 2.06. The second kappa shape index (κ2) is 3.01. The molecule has 0 saturated carbocycles. The lowest BCUT2D eigenvalue weighted by molar-refractivity contribution is 0.243. The summed E-state index contributed by atoms with van der Waals surface area (Å²) in [5.74, 6) is 0. The molecule has 1 N–H and O–H groups in total. The number of aromatic nitrogens is 1. The standard InChI is InChI=1S/C7H8N2O2/c1-8-7(11)9-5-3-2-4-6(9)10/h2-5H,1H3,(H,8,11). The van der Waals surface area contributed by atoms with E-state index < -0.39 is 6.03 Å². The van der Waals surface area contributed by atoms with Gasteiger partial charge in [0, 0.05) is 19.3 Å². The summed E-state index contributed by atoms with van der Waals surface area (Å²) in [5.41, 5.74) is -0.327. The van der Waals surface area contributed by atoms with Gasteiger partial charge >= 0.3 is 6.03 Å². The van der Waals surface area contributed by atoms with Gasteiger partial charge in [0.2, 0.25) is 0 Å². The van der Waals surface area contributed by atoms with E-state index in [1.807, 2.05) is 0 Å². The maximum Gasteiger partial charge on any atom is 0.328 e. The zero-order valence-electron chi connectivity index (χ0n) is 6.07. The highest BCUT2D eigenvalue weighted by Gasteiger charge is 2.00. The SMILES string of the molecule is CNC(=O)n1ccccc1=O. The number of amides is 1. The molecule has 0 radical (unpaired) electrons. The quantitative estimate of drug-likeness (QED) is 0.570. The first-order chi connectivity index (χ1) is 5.25. The van der Waals surface area contributed by atoms with Gasteiger partial charge in [0.25, 0.3) is 5.56 Å². The monoisotopic (exact) mass is 152 g/mol. The molecule has 4 nitrogen and oxygen atoms in total. The molecule has 1 aromatic rings. The minimum atomic E-state index is -0.421. The van der Waals surface area contributed by atoms with Crippen molar-refractivity contribution in [2.24, 2.45) is 0 Å². The van der Waals surface area contributed by atoms with Crippen LogP contribution in [0.3, 0.4) is 0 Å². The number of carbonyl (C=O) groups excluding carboxylic acids is 1. The van der Waals surface area contributed by atoms with Gasteiger partial charge in [0.05, 0.1) is 0 Å². The van der Waals surface area contributed by atoms with Crippen LogP contribution < -0.4 is 10.9 Å². The number of carbonyl (C=O) groups is 1. The Hall–Kier alpha value is -1.58. The van der Waals surface area contributed by atoms with Gasteiger partial charge in [-0.25, -0.2) is 9.36 Å². The van der Waals surface area contributed by atoms with Crippen LogP contribution in [0.15, 0.2) is 29.2 Å². The van der Waals surface area contributed by atoms with E-state index in [2.05, 4.69) is 5.32 Å². The summed E-state index contributed by atoms with van der Waals surface area (Å²) in [4.78, 5) is 21.8. The molecule has 0 saturated heterocycles. The van der Waals surface area contributed by atoms with Crippen molar-refractivity contribution >= 4 is 6.03 Å². The second-order valence-corrected chi connectivity index (χ2v) is 1.96. The number of hydrogen-bond acceptors (Lipinski definition) is 2. The molecular weight excluding hydrogens is 144 g/mol. The summed E-state index contributed by atoms with van der Waals surface area (Å²) in [6.45, 7) is 0. The minimum absolute atomic E-state index is 0.327. The number of nitrogens with zero attached hydrogens (tertiary/aromatic N) is 1. The van der Waals surface area contributed by atoms with Gasteiger partial charge in [0.15, 0.2) is 0 Å². The predicted molar refractivity (Wildman–Crippen MR) is 40.6 cm³/mol. The van der Waals surface area contributed by atoms with Gasteiger partial charge < -0.3 is 5.32 Å². The summed E-state index contributed by atoms with van der Waals surface area (Å²) < 4.78 is 1.00. The van der Waals surface area contributed by atoms with E-state index in [-0.39, 0.29) is 5.56 Å². The van der Waals surface area contributed by atoms with Crippen LogP contribution in [0.4, 0.5) is 4.79 Å². The zero-order valence-corrected chi connectivity index (χ0v) is 6.07. The first-order valence-corrected chi connectivity index (χ1v) is 3.15. The Morgan fingerprint density at radius 3 is 2.82 bits per heavy atom. The lowest BCUT2D eigenvalue weighted by atomic mass is 10.5. The molecule has 0 atom stereocenters. The molecule has 11 heavy (non-hydrogen) atoms. The van der Waals surface area contributed by atoms with Crippen molar-refractivity contribution in [3.63, 3.8) is 0 Å². The molecule has 1 rings (SSSR count). The van der Waals surface area contributed by atoms with Gasteiger partial charge in [-0.1, -0.05) is 6.07 Å². The highest BCUT2D eigenvalue weighted by Crippen LogP contribution is 1.79.